The van der Waals surface area contributed by atoms with E-state index in [9.17, 15) is 8.76 Å². The molecule has 0 aromatic rings. The predicted molar refractivity (Wildman–Crippen MR) is 37.8 cm³/mol. The van der Waals surface area contributed by atoms with Crippen LogP contribution in [0.25, 0.3) is 0 Å². The molecule has 0 radical (unpaired) electrons. The first-order valence-electron chi connectivity index (χ1n) is 2.98. The van der Waals surface area contributed by atoms with Gasteiger partial charge in [-0.25, -0.2) is 0 Å². The Bertz CT molecular complexity index is 110. The van der Waals surface area contributed by atoms with Crippen LogP contribution in [0.3, 0.4) is 0 Å². The molecule has 1 unspecified atom stereocenters. The van der Waals surface area contributed by atoms with Crippen LogP contribution in [0.5, 0.6) is 0 Å². The van der Waals surface area contributed by atoms with Gasteiger partial charge in [0.2, 0.25) is 0 Å². The lowest BCUT2D eigenvalue weighted by atomic mass is 10.4. The minimum absolute atomic E-state index is 0.247. The number of allylic oxidation sites excluding steroid dienone is 2. The van der Waals surface area contributed by atoms with Gasteiger partial charge in [0.05, 0.1) is 0 Å². The van der Waals surface area contributed by atoms with Crippen molar-refractivity contribution in [3.05, 3.63) is 12.2 Å². The van der Waals surface area contributed by atoms with E-state index >= 15 is 0 Å². The monoisotopic (exact) mass is 147 g/mol. The van der Waals surface area contributed by atoms with Gasteiger partial charge < -0.3 is 4.55 Å². The van der Waals surface area contributed by atoms with E-state index in [4.69, 9.17) is 0 Å². The molecule has 1 atom stereocenters. The van der Waals surface area contributed by atoms with E-state index in [2.05, 4.69) is 0 Å². The minimum atomic E-state index is -1.87. The van der Waals surface area contributed by atoms with Crippen LogP contribution in [0.4, 0.5) is 0 Å². The van der Waals surface area contributed by atoms with Crippen LogP contribution in [-0.4, -0.2) is 14.5 Å². The third-order valence-electron chi connectivity index (χ3n) is 0.854. The Morgan fingerprint density at radius 1 is 1.56 bits per heavy atom. The number of rotatable bonds is 4. The summed E-state index contributed by atoms with van der Waals surface area (Å²) < 4.78 is 19.9. The molecule has 0 saturated carbocycles. The Balaban J connectivity index is 3.09. The maximum Gasteiger partial charge on any atom is 0.0136 e. The van der Waals surface area contributed by atoms with Crippen molar-refractivity contribution in [1.29, 1.82) is 0 Å². The fourth-order valence-electron chi connectivity index (χ4n) is 0.449. The molecule has 2 nitrogen and oxygen atoms in total. The molecule has 54 valence electrons. The molecule has 0 saturated heterocycles. The Hall–Kier alpha value is -0.150. The Morgan fingerprint density at radius 2 is 2.22 bits per heavy atom. The quantitative estimate of drug-likeness (QED) is 0.443. The van der Waals surface area contributed by atoms with Gasteiger partial charge in [0.25, 0.3) is 0 Å². The second-order valence-corrected chi connectivity index (χ2v) is 2.69. The van der Waals surface area contributed by atoms with Gasteiger partial charge in [0.1, 0.15) is 0 Å². The third kappa shape index (κ3) is 7.85. The lowest BCUT2D eigenvalue weighted by molar-refractivity contribution is 0.537. The Morgan fingerprint density at radius 3 is 2.67 bits per heavy atom. The van der Waals surface area contributed by atoms with E-state index in [1.54, 1.807) is 0 Å². The first-order chi connectivity index (χ1) is 4.27. The second kappa shape index (κ2) is 5.98. The van der Waals surface area contributed by atoms with Crippen molar-refractivity contribution in [3.8, 4) is 0 Å². The molecule has 0 aliphatic carbocycles. The molecule has 0 amide bonds. The van der Waals surface area contributed by atoms with Crippen LogP contribution >= 0.6 is 0 Å². The van der Waals surface area contributed by atoms with Gasteiger partial charge in [-0.05, 0) is 12.8 Å². The molecule has 0 bridgehead atoms. The summed E-state index contributed by atoms with van der Waals surface area (Å²) in [5, 5.41) is 0. The van der Waals surface area contributed by atoms with Crippen LogP contribution in [-0.2, 0) is 11.1 Å². The molecule has 0 rings (SSSR count). The zero-order valence-corrected chi connectivity index (χ0v) is 6.32. The number of hydrogen-bond acceptors (Lipinski definition) is 2. The van der Waals surface area contributed by atoms with E-state index in [1.807, 2.05) is 19.1 Å². The zero-order valence-electron chi connectivity index (χ0n) is 5.50. The van der Waals surface area contributed by atoms with Crippen LogP contribution in [0.2, 0.25) is 0 Å². The van der Waals surface area contributed by atoms with Crippen molar-refractivity contribution in [1.82, 2.24) is 0 Å². The van der Waals surface area contributed by atoms with Gasteiger partial charge in [-0.3, -0.25) is 4.21 Å². The van der Waals surface area contributed by atoms with Gasteiger partial charge in [-0.2, -0.15) is 0 Å². The first-order valence-corrected chi connectivity index (χ1v) is 4.22. The summed E-state index contributed by atoms with van der Waals surface area (Å²) in [4.78, 5) is 0. The lowest BCUT2D eigenvalue weighted by Gasteiger charge is -1.99. The molecule has 0 fully saturated rings. The van der Waals surface area contributed by atoms with Crippen LogP contribution < -0.4 is 0 Å². The van der Waals surface area contributed by atoms with E-state index in [0.29, 0.717) is 6.42 Å². The van der Waals surface area contributed by atoms with Gasteiger partial charge in [-0.15, -0.1) is 0 Å². The van der Waals surface area contributed by atoms with E-state index in [0.717, 1.165) is 6.42 Å². The molecule has 0 N–H and O–H groups in total. The Labute approximate surface area is 58.3 Å². The molecular formula is C6H11O2S-. The fraction of sp³-hybridized carbons (Fsp3) is 0.667. The number of hydrogen-bond donors (Lipinski definition) is 0. The summed E-state index contributed by atoms with van der Waals surface area (Å²) in [6, 6.07) is 0. The first kappa shape index (κ1) is 8.85. The highest BCUT2D eigenvalue weighted by molar-refractivity contribution is 7.79. The summed E-state index contributed by atoms with van der Waals surface area (Å²) in [5.74, 6) is 0.247. The largest absolute Gasteiger partial charge is 0.772 e. The summed E-state index contributed by atoms with van der Waals surface area (Å²) >= 11 is -1.87. The third-order valence-corrected chi connectivity index (χ3v) is 1.42. The topological polar surface area (TPSA) is 40.1 Å². The second-order valence-electron chi connectivity index (χ2n) is 1.68. The van der Waals surface area contributed by atoms with Gasteiger partial charge in [0, 0.05) is 5.75 Å². The van der Waals surface area contributed by atoms with Crippen molar-refractivity contribution in [2.75, 3.05) is 5.75 Å². The van der Waals surface area contributed by atoms with Crippen LogP contribution in [0.1, 0.15) is 19.8 Å². The summed E-state index contributed by atoms with van der Waals surface area (Å²) in [6.45, 7) is 2.02. The van der Waals surface area contributed by atoms with Gasteiger partial charge in [0.15, 0.2) is 0 Å². The normalized spacial score (nSPS) is 14.4. The fourth-order valence-corrected chi connectivity index (χ4v) is 0.777. The minimum Gasteiger partial charge on any atom is -0.772 e. The molecule has 3 heteroatoms. The van der Waals surface area contributed by atoms with Gasteiger partial charge >= 0.3 is 0 Å². The standard InChI is InChI=1S/C6H12O2S/c1-2-3-4-5-6-9(7)8/h3-4H,2,5-6H2,1H3,(H,7,8)/p-1/b4-3-. The highest BCUT2D eigenvalue weighted by atomic mass is 32.2. The zero-order chi connectivity index (χ0) is 7.11. The molecule has 0 heterocycles. The lowest BCUT2D eigenvalue weighted by Crippen LogP contribution is -1.91. The summed E-state index contributed by atoms with van der Waals surface area (Å²) in [6.07, 6.45) is 5.47. The molecule has 9 heavy (non-hydrogen) atoms. The van der Waals surface area contributed by atoms with Crippen molar-refractivity contribution in [3.63, 3.8) is 0 Å². The van der Waals surface area contributed by atoms with E-state index in [1.165, 1.54) is 0 Å². The van der Waals surface area contributed by atoms with Crippen molar-refractivity contribution in [2.45, 2.75) is 19.8 Å². The van der Waals surface area contributed by atoms with Crippen molar-refractivity contribution in [2.24, 2.45) is 0 Å². The van der Waals surface area contributed by atoms with E-state index in [-0.39, 0.29) is 5.75 Å². The predicted octanol–water partition coefficient (Wildman–Crippen LogP) is 1.22. The molecule has 0 aromatic carbocycles. The maximum absolute atomic E-state index is 9.93. The van der Waals surface area contributed by atoms with Crippen molar-refractivity contribution >= 4 is 11.1 Å². The molecule has 0 aliphatic heterocycles. The molecule has 0 aliphatic rings. The maximum atomic E-state index is 9.93. The Kier molecular flexibility index (Phi) is 5.88. The average Bonchev–Trinajstić information content (AvgIpc) is 1.80. The SMILES string of the molecule is CC/C=C\CCS(=O)[O-]. The van der Waals surface area contributed by atoms with Crippen LogP contribution in [0, 0.1) is 0 Å². The molecule has 0 aromatic heterocycles. The summed E-state index contributed by atoms with van der Waals surface area (Å²) in [7, 11) is 0. The van der Waals surface area contributed by atoms with Gasteiger partial charge in [-0.1, -0.05) is 30.2 Å². The average molecular weight is 147 g/mol. The van der Waals surface area contributed by atoms with Crippen LogP contribution in [0.15, 0.2) is 12.2 Å². The van der Waals surface area contributed by atoms with E-state index < -0.39 is 11.1 Å². The van der Waals surface area contributed by atoms with Crippen molar-refractivity contribution < 1.29 is 8.76 Å². The summed E-state index contributed by atoms with van der Waals surface area (Å²) in [5.41, 5.74) is 0. The molecule has 0 spiro atoms. The highest BCUT2D eigenvalue weighted by Gasteiger charge is 1.78. The smallest absolute Gasteiger partial charge is 0.0136 e. The highest BCUT2D eigenvalue weighted by Crippen LogP contribution is 1.87. The molecular weight excluding hydrogens is 136 g/mol.